The molecule has 0 saturated carbocycles. The fourth-order valence-corrected chi connectivity index (χ4v) is 1.99. The number of aryl methyl sites for hydroxylation is 2. The number of aromatic amines is 1. The molecule has 0 aliphatic rings. The molecule has 0 atom stereocenters. The van der Waals surface area contributed by atoms with Crippen molar-refractivity contribution in [2.24, 2.45) is 0 Å². The molecule has 2 rings (SSSR count). The van der Waals surface area contributed by atoms with Crippen LogP contribution in [0.3, 0.4) is 0 Å². The Hall–Kier alpha value is -1.41. The van der Waals surface area contributed by atoms with Crippen molar-refractivity contribution in [2.75, 3.05) is 0 Å². The second-order valence-corrected chi connectivity index (χ2v) is 5.87. The number of hydrogen-bond acceptors (Lipinski definition) is 5. The molecule has 0 spiro atoms. The maximum Gasteiger partial charge on any atom is 0.296 e. The van der Waals surface area contributed by atoms with Crippen molar-refractivity contribution in [1.29, 1.82) is 0 Å². The Bertz CT molecular complexity index is 645. The van der Waals surface area contributed by atoms with E-state index in [1.165, 1.54) is 0 Å². The second kappa shape index (κ2) is 4.11. The fraction of sp³-hybridized carbons (Fsp3) is 0.375. The molecule has 17 heavy (non-hydrogen) atoms. The van der Waals surface area contributed by atoms with Gasteiger partial charge in [-0.1, -0.05) is 0 Å². The third-order valence-corrected chi connectivity index (χ3v) is 3.21. The highest BCUT2D eigenvalue weighted by atomic mass is 35.7. The van der Waals surface area contributed by atoms with E-state index in [2.05, 4.69) is 20.3 Å². The summed E-state index contributed by atoms with van der Waals surface area (Å²) in [5.74, 6) is 0.256. The minimum absolute atomic E-state index is 0.256. The molecule has 0 radical (unpaired) electrons. The van der Waals surface area contributed by atoms with Crippen LogP contribution in [0.4, 0.5) is 0 Å². The highest BCUT2D eigenvalue weighted by molar-refractivity contribution is 8.13. The first-order valence-corrected chi connectivity index (χ1v) is 7.14. The van der Waals surface area contributed by atoms with Crippen molar-refractivity contribution in [3.05, 3.63) is 11.8 Å². The lowest BCUT2D eigenvalue weighted by atomic mass is 10.3. The minimum atomic E-state index is -3.89. The first-order valence-electron chi connectivity index (χ1n) is 4.83. The largest absolute Gasteiger partial charge is 0.296 e. The van der Waals surface area contributed by atoms with Crippen LogP contribution in [0.15, 0.2) is 11.2 Å². The average molecular weight is 276 g/mol. The van der Waals surface area contributed by atoms with Crippen molar-refractivity contribution >= 4 is 19.7 Å². The molecule has 0 fully saturated rings. The Kier molecular flexibility index (Phi) is 2.92. The van der Waals surface area contributed by atoms with E-state index < -0.39 is 9.05 Å². The van der Waals surface area contributed by atoms with Gasteiger partial charge in [-0.25, -0.2) is 13.5 Å². The molecule has 9 heteroatoms. The normalized spacial score (nSPS) is 11.9. The van der Waals surface area contributed by atoms with Gasteiger partial charge in [-0.3, -0.25) is 4.68 Å². The predicted molar refractivity (Wildman–Crippen MR) is 61.1 cm³/mol. The van der Waals surface area contributed by atoms with E-state index >= 15 is 0 Å². The van der Waals surface area contributed by atoms with Gasteiger partial charge in [0.05, 0.1) is 5.69 Å². The van der Waals surface area contributed by atoms with Crippen LogP contribution in [-0.4, -0.2) is 33.4 Å². The van der Waals surface area contributed by atoms with Gasteiger partial charge >= 0.3 is 0 Å². The van der Waals surface area contributed by atoms with E-state index in [0.717, 1.165) is 5.69 Å². The molecular weight excluding hydrogens is 266 g/mol. The van der Waals surface area contributed by atoms with E-state index in [0.29, 0.717) is 12.2 Å². The molecule has 92 valence electrons. The first kappa shape index (κ1) is 12.1. The van der Waals surface area contributed by atoms with Crippen LogP contribution in [0, 0.1) is 6.92 Å². The lowest BCUT2D eigenvalue weighted by Gasteiger charge is -1.98. The van der Waals surface area contributed by atoms with Crippen LogP contribution in [0.5, 0.6) is 0 Å². The summed E-state index contributed by atoms with van der Waals surface area (Å²) >= 11 is 0. The van der Waals surface area contributed by atoms with E-state index in [1.807, 2.05) is 13.8 Å². The van der Waals surface area contributed by atoms with Gasteiger partial charge in [0, 0.05) is 17.2 Å². The Balaban J connectivity index is 2.50. The quantitative estimate of drug-likeness (QED) is 0.841. The molecule has 0 aliphatic heterocycles. The second-order valence-electron chi connectivity index (χ2n) is 3.39. The number of aromatic nitrogens is 5. The summed E-state index contributed by atoms with van der Waals surface area (Å²) in [5, 5.41) is 9.95. The molecule has 1 N–H and O–H groups in total. The van der Waals surface area contributed by atoms with Gasteiger partial charge in [-0.2, -0.15) is 15.2 Å². The Morgan fingerprint density at radius 2 is 2.24 bits per heavy atom. The molecule has 2 aromatic rings. The van der Waals surface area contributed by atoms with E-state index in [-0.39, 0.29) is 11.0 Å². The molecule has 2 aromatic heterocycles. The van der Waals surface area contributed by atoms with Crippen LogP contribution in [0.25, 0.3) is 11.5 Å². The molecule has 0 aliphatic carbocycles. The van der Waals surface area contributed by atoms with Crippen molar-refractivity contribution in [1.82, 2.24) is 25.0 Å². The van der Waals surface area contributed by atoms with Gasteiger partial charge in [0.2, 0.25) is 0 Å². The Morgan fingerprint density at radius 1 is 1.53 bits per heavy atom. The van der Waals surface area contributed by atoms with Gasteiger partial charge < -0.3 is 0 Å². The zero-order chi connectivity index (χ0) is 12.6. The van der Waals surface area contributed by atoms with Crippen LogP contribution in [0.1, 0.15) is 12.6 Å². The zero-order valence-corrected chi connectivity index (χ0v) is 10.7. The highest BCUT2D eigenvalue weighted by Gasteiger charge is 2.18. The fourth-order valence-electron chi connectivity index (χ4n) is 1.44. The van der Waals surface area contributed by atoms with Crippen LogP contribution in [-0.2, 0) is 15.6 Å². The number of H-pyrrole nitrogens is 1. The third kappa shape index (κ3) is 2.32. The van der Waals surface area contributed by atoms with Gasteiger partial charge in [-0.15, -0.1) is 0 Å². The molecule has 0 amide bonds. The van der Waals surface area contributed by atoms with E-state index in [1.54, 1.807) is 10.7 Å². The molecule has 0 bridgehead atoms. The van der Waals surface area contributed by atoms with Crippen LogP contribution < -0.4 is 0 Å². The van der Waals surface area contributed by atoms with Gasteiger partial charge in [0.1, 0.15) is 5.69 Å². The summed E-state index contributed by atoms with van der Waals surface area (Å²) in [7, 11) is 1.26. The average Bonchev–Trinajstić information content (AvgIpc) is 2.81. The number of nitrogens with zero attached hydrogens (tertiary/aromatic N) is 4. The number of rotatable bonds is 3. The number of halogens is 1. The lowest BCUT2D eigenvalue weighted by Crippen LogP contribution is -2.00. The summed E-state index contributed by atoms with van der Waals surface area (Å²) in [4.78, 5) is 3.83. The van der Waals surface area contributed by atoms with Crippen molar-refractivity contribution < 1.29 is 8.42 Å². The maximum absolute atomic E-state index is 11.0. The van der Waals surface area contributed by atoms with Gasteiger partial charge in [0.15, 0.2) is 5.82 Å². The first-order chi connectivity index (χ1) is 7.91. The highest BCUT2D eigenvalue weighted by Crippen LogP contribution is 2.18. The maximum atomic E-state index is 11.0. The van der Waals surface area contributed by atoms with Crippen molar-refractivity contribution in [3.63, 3.8) is 0 Å². The number of hydrogen-bond donors (Lipinski definition) is 1. The minimum Gasteiger partial charge on any atom is -0.262 e. The Labute approximate surface area is 102 Å². The zero-order valence-electron chi connectivity index (χ0n) is 9.18. The van der Waals surface area contributed by atoms with E-state index in [4.69, 9.17) is 10.7 Å². The topological polar surface area (TPSA) is 93.5 Å². The SMILES string of the molecule is CCn1nc(C)cc1-c1n[nH]c(S(=O)(=O)Cl)n1. The summed E-state index contributed by atoms with van der Waals surface area (Å²) in [6.07, 6.45) is 0. The van der Waals surface area contributed by atoms with Gasteiger partial charge in [0.25, 0.3) is 14.2 Å². The summed E-state index contributed by atoms with van der Waals surface area (Å²) in [5.41, 5.74) is 1.45. The van der Waals surface area contributed by atoms with E-state index in [9.17, 15) is 8.42 Å². The van der Waals surface area contributed by atoms with Crippen molar-refractivity contribution in [2.45, 2.75) is 25.5 Å². The van der Waals surface area contributed by atoms with Gasteiger partial charge in [-0.05, 0) is 19.9 Å². The summed E-state index contributed by atoms with van der Waals surface area (Å²) < 4.78 is 23.8. The molecule has 0 aromatic carbocycles. The van der Waals surface area contributed by atoms with Crippen molar-refractivity contribution in [3.8, 4) is 11.5 Å². The standard InChI is InChI=1S/C8H10ClN5O2S/c1-3-14-6(4-5(2)13-14)7-10-8(12-11-7)17(9,15)16/h4H,3H2,1-2H3,(H,10,11,12). The molecule has 0 saturated heterocycles. The third-order valence-electron chi connectivity index (χ3n) is 2.13. The molecule has 2 heterocycles. The summed E-state index contributed by atoms with van der Waals surface area (Å²) in [6.45, 7) is 4.39. The lowest BCUT2D eigenvalue weighted by molar-refractivity contribution is 0.602. The van der Waals surface area contributed by atoms with Crippen LogP contribution >= 0.6 is 10.7 Å². The Morgan fingerprint density at radius 3 is 2.76 bits per heavy atom. The monoisotopic (exact) mass is 275 g/mol. The number of nitrogens with one attached hydrogen (secondary N) is 1. The summed E-state index contributed by atoms with van der Waals surface area (Å²) in [6, 6.07) is 1.78. The molecule has 0 unspecified atom stereocenters. The predicted octanol–water partition coefficient (Wildman–Crippen LogP) is 0.924. The smallest absolute Gasteiger partial charge is 0.262 e. The molecular formula is C8H10ClN5O2S. The van der Waals surface area contributed by atoms with Crippen LogP contribution in [0.2, 0.25) is 0 Å². The molecule has 7 nitrogen and oxygen atoms in total.